The number of fused-ring (bicyclic) bond motifs is 8. The van der Waals surface area contributed by atoms with Crippen LogP contribution in [-0.2, 0) is 14.1 Å². The van der Waals surface area contributed by atoms with Crippen LogP contribution in [0.3, 0.4) is 0 Å². The molecule has 0 fully saturated rings. The zero-order valence-corrected chi connectivity index (χ0v) is 21.2. The first-order valence-electron chi connectivity index (χ1n) is 12.9. The Morgan fingerprint density at radius 1 is 0.474 bits per heavy atom. The second kappa shape index (κ2) is 7.77. The lowest BCUT2D eigenvalue weighted by molar-refractivity contribution is 0.948. The number of rotatable bonds is 2. The molecule has 0 saturated heterocycles. The van der Waals surface area contributed by atoms with Crippen molar-refractivity contribution in [2.24, 2.45) is 14.1 Å². The third-order valence-electron chi connectivity index (χ3n) is 7.94. The standard InChI is InChI=1S/C34H24N4/c1-37-19-35-30-14-6-10-22(33(30)37)21-16-17-24-26-11-5-12-27(28-13-7-15-31-34(28)38(2)20-36-31)32(26)25-9-4-3-8-23(25)29(24)18-21/h3-20H,1-2H3. The molecule has 0 N–H and O–H groups in total. The molecule has 6 aromatic carbocycles. The van der Waals surface area contributed by atoms with Gasteiger partial charge in [-0.1, -0.05) is 78.9 Å². The van der Waals surface area contributed by atoms with Gasteiger partial charge in [-0.15, -0.1) is 0 Å². The van der Waals surface area contributed by atoms with Gasteiger partial charge in [0.15, 0.2) is 0 Å². The van der Waals surface area contributed by atoms with Crippen molar-refractivity contribution in [3.63, 3.8) is 0 Å². The van der Waals surface area contributed by atoms with Gasteiger partial charge in [-0.2, -0.15) is 0 Å². The maximum absolute atomic E-state index is 4.62. The van der Waals surface area contributed by atoms with E-state index in [4.69, 9.17) is 0 Å². The third-order valence-corrected chi connectivity index (χ3v) is 7.94. The first-order chi connectivity index (χ1) is 18.7. The van der Waals surface area contributed by atoms with Gasteiger partial charge in [0, 0.05) is 25.2 Å². The average Bonchev–Trinajstić information content (AvgIpc) is 3.55. The van der Waals surface area contributed by atoms with Crippen molar-refractivity contribution in [2.45, 2.75) is 0 Å². The lowest BCUT2D eigenvalue weighted by Crippen LogP contribution is -1.92. The van der Waals surface area contributed by atoms with Crippen molar-refractivity contribution in [1.82, 2.24) is 19.1 Å². The summed E-state index contributed by atoms with van der Waals surface area (Å²) in [7, 11) is 4.13. The van der Waals surface area contributed by atoms with E-state index in [1.54, 1.807) is 0 Å². The van der Waals surface area contributed by atoms with Crippen LogP contribution in [0.25, 0.3) is 76.6 Å². The topological polar surface area (TPSA) is 35.6 Å². The number of imidazole rings is 2. The molecule has 38 heavy (non-hydrogen) atoms. The largest absolute Gasteiger partial charge is 0.333 e. The summed E-state index contributed by atoms with van der Waals surface area (Å²) in [4.78, 5) is 9.19. The SMILES string of the molecule is Cn1cnc2cccc(-c3ccc4c(c3)c3ccccc3c3c(-c5cccc6ncn(C)c56)cccc43)c21. The lowest BCUT2D eigenvalue weighted by Gasteiger charge is -2.16. The fourth-order valence-corrected chi connectivity index (χ4v) is 6.27. The zero-order chi connectivity index (χ0) is 25.4. The maximum atomic E-state index is 4.62. The molecular formula is C34H24N4. The molecule has 8 aromatic rings. The molecular weight excluding hydrogens is 464 g/mol. The van der Waals surface area contributed by atoms with Gasteiger partial charge in [0.05, 0.1) is 34.7 Å². The molecule has 0 spiro atoms. The highest BCUT2D eigenvalue weighted by Gasteiger charge is 2.17. The highest BCUT2D eigenvalue weighted by molar-refractivity contribution is 6.29. The molecule has 4 nitrogen and oxygen atoms in total. The number of nitrogens with zero attached hydrogens (tertiary/aromatic N) is 4. The summed E-state index contributed by atoms with van der Waals surface area (Å²) in [5, 5.41) is 7.60. The normalized spacial score (nSPS) is 11.9. The second-order valence-corrected chi connectivity index (χ2v) is 10.1. The van der Waals surface area contributed by atoms with Crippen LogP contribution in [0.2, 0.25) is 0 Å². The number of benzene rings is 6. The number of para-hydroxylation sites is 2. The van der Waals surface area contributed by atoms with Crippen LogP contribution in [0, 0.1) is 0 Å². The molecule has 0 amide bonds. The van der Waals surface area contributed by atoms with Gasteiger partial charge < -0.3 is 9.13 Å². The van der Waals surface area contributed by atoms with E-state index >= 15 is 0 Å². The van der Waals surface area contributed by atoms with Gasteiger partial charge in [0.25, 0.3) is 0 Å². The highest BCUT2D eigenvalue weighted by atomic mass is 15.0. The molecule has 4 heteroatoms. The summed E-state index contributed by atoms with van der Waals surface area (Å²) < 4.78 is 4.23. The van der Waals surface area contributed by atoms with E-state index in [1.165, 1.54) is 54.6 Å². The summed E-state index contributed by atoms with van der Waals surface area (Å²) in [5.41, 5.74) is 9.18. The number of hydrogen-bond donors (Lipinski definition) is 0. The molecule has 0 atom stereocenters. The van der Waals surface area contributed by atoms with Crippen LogP contribution in [-0.4, -0.2) is 19.1 Å². The van der Waals surface area contributed by atoms with Crippen molar-refractivity contribution >= 4 is 54.4 Å². The van der Waals surface area contributed by atoms with E-state index in [2.05, 4.69) is 130 Å². The molecule has 0 unspecified atom stereocenters. The summed E-state index contributed by atoms with van der Waals surface area (Å²) in [6, 6.07) is 35.2. The van der Waals surface area contributed by atoms with E-state index in [9.17, 15) is 0 Å². The van der Waals surface area contributed by atoms with E-state index in [0.717, 1.165) is 22.1 Å². The molecule has 0 aliphatic carbocycles. The average molecular weight is 489 g/mol. The van der Waals surface area contributed by atoms with Crippen molar-refractivity contribution in [3.05, 3.63) is 110 Å². The van der Waals surface area contributed by atoms with Gasteiger partial charge in [-0.3, -0.25) is 0 Å². The van der Waals surface area contributed by atoms with Crippen LogP contribution in [0.1, 0.15) is 0 Å². The molecule has 0 saturated carbocycles. The Labute approximate surface area is 219 Å². The summed E-state index contributed by atoms with van der Waals surface area (Å²) in [5.74, 6) is 0. The predicted octanol–water partition coefficient (Wildman–Crippen LogP) is 8.25. The molecule has 0 aliphatic rings. The Hall–Kier alpha value is -4.96. The molecule has 2 aromatic heterocycles. The summed E-state index contributed by atoms with van der Waals surface area (Å²) in [6.45, 7) is 0. The monoisotopic (exact) mass is 488 g/mol. The molecule has 8 rings (SSSR count). The van der Waals surface area contributed by atoms with Crippen molar-refractivity contribution in [2.75, 3.05) is 0 Å². The van der Waals surface area contributed by atoms with E-state index in [-0.39, 0.29) is 0 Å². The van der Waals surface area contributed by atoms with Crippen LogP contribution in [0.5, 0.6) is 0 Å². The highest BCUT2D eigenvalue weighted by Crippen LogP contribution is 2.43. The Morgan fingerprint density at radius 3 is 1.76 bits per heavy atom. The van der Waals surface area contributed by atoms with Crippen LogP contribution in [0.15, 0.2) is 110 Å². The Kier molecular flexibility index (Phi) is 4.32. The lowest BCUT2D eigenvalue weighted by atomic mass is 9.88. The first-order valence-corrected chi connectivity index (χ1v) is 12.9. The van der Waals surface area contributed by atoms with Crippen LogP contribution < -0.4 is 0 Å². The summed E-state index contributed by atoms with van der Waals surface area (Å²) >= 11 is 0. The second-order valence-electron chi connectivity index (χ2n) is 10.1. The molecule has 2 heterocycles. The number of aryl methyl sites for hydroxylation is 2. The van der Waals surface area contributed by atoms with Gasteiger partial charge in [-0.25, -0.2) is 9.97 Å². The Balaban J connectivity index is 1.49. The van der Waals surface area contributed by atoms with Gasteiger partial charge in [0.1, 0.15) is 0 Å². The summed E-state index contributed by atoms with van der Waals surface area (Å²) in [6.07, 6.45) is 3.79. The number of hydrogen-bond acceptors (Lipinski definition) is 2. The molecule has 0 bridgehead atoms. The van der Waals surface area contributed by atoms with Gasteiger partial charge >= 0.3 is 0 Å². The quantitative estimate of drug-likeness (QED) is 0.230. The minimum absolute atomic E-state index is 1.01. The van der Waals surface area contributed by atoms with Crippen molar-refractivity contribution < 1.29 is 0 Å². The molecule has 180 valence electrons. The van der Waals surface area contributed by atoms with Gasteiger partial charge in [-0.05, 0) is 61.6 Å². The smallest absolute Gasteiger partial charge is 0.0955 e. The fraction of sp³-hybridized carbons (Fsp3) is 0.0588. The Morgan fingerprint density at radius 2 is 1.03 bits per heavy atom. The fourth-order valence-electron chi connectivity index (χ4n) is 6.27. The van der Waals surface area contributed by atoms with E-state index < -0.39 is 0 Å². The zero-order valence-electron chi connectivity index (χ0n) is 21.2. The molecule has 0 radical (unpaired) electrons. The maximum Gasteiger partial charge on any atom is 0.0955 e. The number of aromatic nitrogens is 4. The van der Waals surface area contributed by atoms with E-state index in [0.29, 0.717) is 0 Å². The predicted molar refractivity (Wildman–Crippen MR) is 158 cm³/mol. The van der Waals surface area contributed by atoms with Crippen LogP contribution in [0.4, 0.5) is 0 Å². The van der Waals surface area contributed by atoms with Gasteiger partial charge in [0.2, 0.25) is 0 Å². The first kappa shape index (κ1) is 21.2. The minimum atomic E-state index is 1.01. The van der Waals surface area contributed by atoms with Crippen LogP contribution >= 0.6 is 0 Å². The molecule has 0 aliphatic heterocycles. The minimum Gasteiger partial charge on any atom is -0.333 e. The third kappa shape index (κ3) is 2.86. The van der Waals surface area contributed by atoms with E-state index in [1.807, 2.05) is 12.7 Å². The van der Waals surface area contributed by atoms with Crippen molar-refractivity contribution in [3.8, 4) is 22.3 Å². The van der Waals surface area contributed by atoms with Crippen molar-refractivity contribution in [1.29, 1.82) is 0 Å². The Bertz CT molecular complexity index is 2170.